The maximum Gasteiger partial charge on any atom is 0.251 e. The van der Waals surface area contributed by atoms with E-state index in [1.807, 2.05) is 58.4 Å². The van der Waals surface area contributed by atoms with Crippen molar-refractivity contribution in [2.24, 2.45) is 0 Å². The molecule has 1 atom stereocenters. The Hall–Kier alpha value is -4.15. The number of likely N-dealkylation sites (tertiary alicyclic amines) is 1. The number of carbonyl (C=O) groups excluding carboxylic acids is 1. The normalized spacial score (nSPS) is 15.2. The number of nitrogens with one attached hydrogen (secondary N) is 1. The average Bonchev–Trinajstić information content (AvgIpc) is 3.62. The van der Waals surface area contributed by atoms with Gasteiger partial charge in [-0.1, -0.05) is 36.4 Å². The summed E-state index contributed by atoms with van der Waals surface area (Å²) in [5.74, 6) is 1.17. The van der Waals surface area contributed by atoms with Crippen LogP contribution in [0.2, 0.25) is 0 Å². The van der Waals surface area contributed by atoms with Crippen LogP contribution in [0.5, 0.6) is 0 Å². The fourth-order valence-electron chi connectivity index (χ4n) is 3.61. The Bertz CT molecular complexity index is 1440. The zero-order valence-corrected chi connectivity index (χ0v) is 19.8. The van der Waals surface area contributed by atoms with Gasteiger partial charge in [0, 0.05) is 36.9 Å². The maximum absolute atomic E-state index is 10.6. The first-order valence-corrected chi connectivity index (χ1v) is 11.9. The number of pyridine rings is 1. The van der Waals surface area contributed by atoms with Crippen molar-refractivity contribution >= 4 is 34.7 Å². The number of hydrogen-bond acceptors (Lipinski definition) is 8. The summed E-state index contributed by atoms with van der Waals surface area (Å²) in [6.45, 7) is 0.694. The molecule has 1 saturated heterocycles. The molecule has 1 aliphatic rings. The summed E-state index contributed by atoms with van der Waals surface area (Å²) in [5, 5.41) is 15.0. The Morgan fingerprint density at radius 3 is 2.60 bits per heavy atom. The molecular weight excluding hydrogens is 462 g/mol. The van der Waals surface area contributed by atoms with Gasteiger partial charge in [0.25, 0.3) is 5.91 Å². The molecule has 4 aromatic heterocycles. The number of anilines is 2. The lowest BCUT2D eigenvalue weighted by molar-refractivity contribution is -0.133. The van der Waals surface area contributed by atoms with Gasteiger partial charge in [0.2, 0.25) is 5.95 Å². The standard InChI is InChI=1S/C20H14N6S.C5H9NO2/c1-2-6-14(7-3-1)19-23-16(13-27-19)15-9-10-21-20(24-15)25-18-12-22-17-8-4-5-11-26(17)18;1-6-3-2-4(7)5(6)8/h1-13H,(H,21,24,25);4,7H,2-3H2,1H3. The summed E-state index contributed by atoms with van der Waals surface area (Å²) >= 11 is 1.60. The van der Waals surface area contributed by atoms with Crippen molar-refractivity contribution < 1.29 is 9.90 Å². The third kappa shape index (κ3) is 5.03. The zero-order chi connectivity index (χ0) is 24.2. The van der Waals surface area contributed by atoms with Crippen LogP contribution in [0.4, 0.5) is 11.8 Å². The first kappa shape index (κ1) is 22.6. The van der Waals surface area contributed by atoms with Crippen LogP contribution >= 0.6 is 11.3 Å². The summed E-state index contributed by atoms with van der Waals surface area (Å²) in [7, 11) is 1.69. The second kappa shape index (κ2) is 10.00. The second-order valence-electron chi connectivity index (χ2n) is 7.93. The summed E-state index contributed by atoms with van der Waals surface area (Å²) in [4.78, 5) is 30.1. The van der Waals surface area contributed by atoms with Gasteiger partial charge < -0.3 is 15.3 Å². The number of nitrogens with zero attached hydrogens (tertiary/aromatic N) is 6. The number of imidazole rings is 1. The molecule has 9 nitrogen and oxygen atoms in total. The molecule has 1 unspecified atom stereocenters. The molecule has 0 saturated carbocycles. The van der Waals surface area contributed by atoms with Crippen LogP contribution in [0.3, 0.4) is 0 Å². The van der Waals surface area contributed by atoms with E-state index in [-0.39, 0.29) is 5.91 Å². The van der Waals surface area contributed by atoms with Crippen LogP contribution < -0.4 is 5.32 Å². The number of likely N-dealkylation sites (N-methyl/N-ethyl adjacent to an activating group) is 1. The minimum atomic E-state index is -0.722. The third-order valence-corrected chi connectivity index (χ3v) is 6.39. The van der Waals surface area contributed by atoms with E-state index >= 15 is 0 Å². The number of carbonyl (C=O) groups is 1. The summed E-state index contributed by atoms with van der Waals surface area (Å²) in [5.41, 5.74) is 3.58. The van der Waals surface area contributed by atoms with E-state index in [0.29, 0.717) is 18.9 Å². The van der Waals surface area contributed by atoms with E-state index in [0.717, 1.165) is 33.4 Å². The largest absolute Gasteiger partial charge is 0.383 e. The van der Waals surface area contributed by atoms with Gasteiger partial charge in [-0.25, -0.2) is 19.9 Å². The Morgan fingerprint density at radius 2 is 1.86 bits per heavy atom. The third-order valence-electron chi connectivity index (χ3n) is 5.50. The van der Waals surface area contributed by atoms with E-state index in [4.69, 9.17) is 10.1 Å². The molecule has 1 aliphatic heterocycles. The van der Waals surface area contributed by atoms with Gasteiger partial charge in [-0.3, -0.25) is 9.20 Å². The second-order valence-corrected chi connectivity index (χ2v) is 8.79. The molecule has 1 amide bonds. The molecule has 1 aromatic carbocycles. The number of aromatic nitrogens is 5. The van der Waals surface area contributed by atoms with Crippen molar-refractivity contribution in [3.05, 3.63) is 78.6 Å². The highest BCUT2D eigenvalue weighted by Crippen LogP contribution is 2.28. The van der Waals surface area contributed by atoms with Gasteiger partial charge in [-0.2, -0.15) is 0 Å². The van der Waals surface area contributed by atoms with Crippen molar-refractivity contribution in [3.63, 3.8) is 0 Å². The SMILES string of the molecule is CN1CCC(O)C1=O.c1ccc(-c2nc(-c3ccnc(Nc4cnc5ccccn45)n3)cs2)cc1. The number of rotatable bonds is 4. The van der Waals surface area contributed by atoms with Crippen LogP contribution in [0.1, 0.15) is 6.42 Å². The lowest BCUT2D eigenvalue weighted by Gasteiger charge is -2.05. The van der Waals surface area contributed by atoms with Crippen molar-refractivity contribution in [2.45, 2.75) is 12.5 Å². The number of thiazole rings is 1. The molecule has 2 N–H and O–H groups in total. The van der Waals surface area contributed by atoms with Gasteiger partial charge in [0.15, 0.2) is 0 Å². The van der Waals surface area contributed by atoms with Crippen LogP contribution in [-0.4, -0.2) is 59.9 Å². The quantitative estimate of drug-likeness (QED) is 0.398. The lowest BCUT2D eigenvalue weighted by Crippen LogP contribution is -2.24. The fourth-order valence-corrected chi connectivity index (χ4v) is 4.43. The van der Waals surface area contributed by atoms with Crippen molar-refractivity contribution in [2.75, 3.05) is 18.9 Å². The molecule has 6 rings (SSSR count). The van der Waals surface area contributed by atoms with E-state index in [1.54, 1.807) is 30.8 Å². The number of aliphatic hydroxyl groups excluding tert-OH is 1. The molecule has 0 spiro atoms. The smallest absolute Gasteiger partial charge is 0.251 e. The molecule has 0 bridgehead atoms. The van der Waals surface area contributed by atoms with Gasteiger partial charge in [-0.05, 0) is 24.6 Å². The number of amides is 1. The molecule has 1 fully saturated rings. The highest BCUT2D eigenvalue weighted by atomic mass is 32.1. The molecule has 5 heterocycles. The minimum Gasteiger partial charge on any atom is -0.383 e. The van der Waals surface area contributed by atoms with Gasteiger partial charge in [0.1, 0.15) is 28.3 Å². The van der Waals surface area contributed by atoms with Gasteiger partial charge in [0.05, 0.1) is 11.9 Å². The van der Waals surface area contributed by atoms with Crippen LogP contribution in [0, 0.1) is 0 Å². The molecule has 176 valence electrons. The fraction of sp³-hybridized carbons (Fsp3) is 0.160. The topological polar surface area (TPSA) is 109 Å². The summed E-state index contributed by atoms with van der Waals surface area (Å²) < 4.78 is 1.95. The summed E-state index contributed by atoms with van der Waals surface area (Å²) in [6, 6.07) is 17.9. The van der Waals surface area contributed by atoms with Gasteiger partial charge >= 0.3 is 0 Å². The zero-order valence-electron chi connectivity index (χ0n) is 18.9. The first-order chi connectivity index (χ1) is 17.1. The van der Waals surface area contributed by atoms with Crippen molar-refractivity contribution in [1.82, 2.24) is 29.2 Å². The van der Waals surface area contributed by atoms with Gasteiger partial charge in [-0.15, -0.1) is 11.3 Å². The predicted molar refractivity (Wildman–Crippen MR) is 135 cm³/mol. The number of benzene rings is 1. The van der Waals surface area contributed by atoms with E-state index in [2.05, 4.69) is 32.4 Å². The Morgan fingerprint density at radius 1 is 1.03 bits per heavy atom. The number of hydrogen-bond donors (Lipinski definition) is 2. The maximum atomic E-state index is 10.6. The Kier molecular flexibility index (Phi) is 6.47. The van der Waals surface area contributed by atoms with E-state index < -0.39 is 6.10 Å². The molecule has 0 aliphatic carbocycles. The van der Waals surface area contributed by atoms with E-state index in [9.17, 15) is 4.79 Å². The highest BCUT2D eigenvalue weighted by Gasteiger charge is 2.26. The Labute approximate surface area is 205 Å². The molecular formula is C25H23N7O2S. The predicted octanol–water partition coefficient (Wildman–Crippen LogP) is 3.87. The number of fused-ring (bicyclic) bond motifs is 1. The molecule has 0 radical (unpaired) electrons. The Balaban J connectivity index is 0.000000271. The lowest BCUT2D eigenvalue weighted by atomic mass is 10.2. The number of aliphatic hydroxyl groups is 1. The average molecular weight is 486 g/mol. The monoisotopic (exact) mass is 485 g/mol. The molecule has 5 aromatic rings. The minimum absolute atomic E-state index is 0.148. The highest BCUT2D eigenvalue weighted by molar-refractivity contribution is 7.13. The van der Waals surface area contributed by atoms with E-state index in [1.165, 1.54) is 4.90 Å². The van der Waals surface area contributed by atoms with Crippen molar-refractivity contribution in [3.8, 4) is 22.0 Å². The van der Waals surface area contributed by atoms with Crippen molar-refractivity contribution in [1.29, 1.82) is 0 Å². The molecule has 10 heteroatoms. The first-order valence-electron chi connectivity index (χ1n) is 11.0. The van der Waals surface area contributed by atoms with Crippen LogP contribution in [-0.2, 0) is 4.79 Å². The molecule has 35 heavy (non-hydrogen) atoms. The van der Waals surface area contributed by atoms with Crippen LogP contribution in [0.15, 0.2) is 78.6 Å². The van der Waals surface area contributed by atoms with Crippen LogP contribution in [0.25, 0.3) is 27.6 Å². The summed E-state index contributed by atoms with van der Waals surface area (Å²) in [6.07, 6.45) is 5.31.